The Hall–Kier alpha value is -10.6. The number of rotatable bonds is 14. The molecule has 0 aliphatic heterocycles. The fourth-order valence-corrected chi connectivity index (χ4v) is 10.9. The molecule has 12 aromatic rings. The molecule has 2 N–H and O–H groups in total. The monoisotopic (exact) mass is 1020 g/mol. The lowest BCUT2D eigenvalue weighted by molar-refractivity contribution is 0.477. The number of aromatic hydroxyl groups is 2. The molecule has 0 spiro atoms. The van der Waals surface area contributed by atoms with Gasteiger partial charge < -0.3 is 29.2 Å². The molecule has 0 saturated carbocycles. The van der Waals surface area contributed by atoms with Crippen molar-refractivity contribution in [3.8, 4) is 113 Å². The first-order valence-electron chi connectivity index (χ1n) is 26.2. The minimum Gasteiger partial charge on any atom is -0.507 e. The lowest BCUT2D eigenvalue weighted by Crippen LogP contribution is -2.29. The highest BCUT2D eigenvalue weighted by Gasteiger charge is 2.47. The predicted octanol–water partition coefficient (Wildman–Crippen LogP) is 19.3. The zero-order chi connectivity index (χ0) is 53.1. The average molecular weight is 1020 g/mol. The van der Waals surface area contributed by atoms with Crippen molar-refractivity contribution >= 4 is 0 Å². The molecule has 0 fully saturated rings. The van der Waals surface area contributed by atoms with Gasteiger partial charge in [0.2, 0.25) is 0 Å². The molecule has 0 saturated heterocycles. The van der Waals surface area contributed by atoms with Crippen LogP contribution in [-0.4, -0.2) is 10.2 Å². The van der Waals surface area contributed by atoms with Crippen molar-refractivity contribution in [3.63, 3.8) is 0 Å². The highest BCUT2D eigenvalue weighted by atomic mass is 16.5. The number of ether oxygens (including phenoxy) is 4. The van der Waals surface area contributed by atoms with Crippen LogP contribution in [0.5, 0.6) is 57.5 Å². The molecule has 0 atom stereocenters. The van der Waals surface area contributed by atoms with Gasteiger partial charge in [0.15, 0.2) is 0 Å². The first kappa shape index (κ1) is 48.1. The van der Waals surface area contributed by atoms with Gasteiger partial charge in [-0.1, -0.05) is 170 Å². The largest absolute Gasteiger partial charge is 0.507 e. The number of fused-ring (bicyclic) bond motifs is 3. The van der Waals surface area contributed by atoms with Crippen molar-refractivity contribution in [2.45, 2.75) is 5.41 Å². The van der Waals surface area contributed by atoms with Gasteiger partial charge >= 0.3 is 0 Å². The van der Waals surface area contributed by atoms with Gasteiger partial charge in [0.05, 0.1) is 5.41 Å². The lowest BCUT2D eigenvalue weighted by Gasteiger charge is -2.36. The van der Waals surface area contributed by atoms with Crippen LogP contribution in [0.3, 0.4) is 0 Å². The molecule has 378 valence electrons. The maximum atomic E-state index is 12.9. The summed E-state index contributed by atoms with van der Waals surface area (Å²) in [6, 6.07) is 95.9. The van der Waals surface area contributed by atoms with Crippen LogP contribution in [0.25, 0.3) is 55.6 Å². The zero-order valence-electron chi connectivity index (χ0n) is 42.7. The van der Waals surface area contributed by atoms with E-state index in [0.717, 1.165) is 78.6 Å². The Morgan fingerprint density at radius 1 is 0.215 bits per heavy atom. The molecule has 6 nitrogen and oxygen atoms in total. The third kappa shape index (κ3) is 9.38. The number of hydrogen-bond donors (Lipinski definition) is 2. The van der Waals surface area contributed by atoms with E-state index in [9.17, 15) is 10.2 Å². The molecule has 0 aromatic heterocycles. The molecular formula is C73H50O6. The fourth-order valence-electron chi connectivity index (χ4n) is 10.9. The third-order valence-electron chi connectivity index (χ3n) is 14.6. The second-order valence-electron chi connectivity index (χ2n) is 19.4. The van der Waals surface area contributed by atoms with Crippen molar-refractivity contribution in [2.24, 2.45) is 0 Å². The van der Waals surface area contributed by atoms with Gasteiger partial charge in [0.1, 0.15) is 57.5 Å². The molecule has 6 heteroatoms. The summed E-state index contributed by atoms with van der Waals surface area (Å²) in [5.41, 5.74) is 10.8. The van der Waals surface area contributed by atoms with Crippen LogP contribution in [0.1, 0.15) is 22.3 Å². The van der Waals surface area contributed by atoms with Crippen LogP contribution in [0.15, 0.2) is 291 Å². The molecular weight excluding hydrogens is 973 g/mol. The van der Waals surface area contributed by atoms with Crippen LogP contribution < -0.4 is 18.9 Å². The van der Waals surface area contributed by atoms with Crippen LogP contribution in [0.2, 0.25) is 0 Å². The molecule has 0 radical (unpaired) electrons. The Morgan fingerprint density at radius 2 is 0.430 bits per heavy atom. The summed E-state index contributed by atoms with van der Waals surface area (Å²) < 4.78 is 25.1. The van der Waals surface area contributed by atoms with Gasteiger partial charge in [-0.25, -0.2) is 0 Å². The molecule has 0 heterocycles. The van der Waals surface area contributed by atoms with E-state index in [0.29, 0.717) is 45.3 Å². The van der Waals surface area contributed by atoms with Gasteiger partial charge in [-0.15, -0.1) is 0 Å². The average Bonchev–Trinajstić information content (AvgIpc) is 4.01. The molecule has 0 unspecified atom stereocenters. The number of para-hydroxylation sites is 4. The van der Waals surface area contributed by atoms with Crippen LogP contribution in [0.4, 0.5) is 0 Å². The summed E-state index contributed by atoms with van der Waals surface area (Å²) in [6.45, 7) is 0. The Balaban J connectivity index is 1.04. The molecule has 0 bridgehead atoms. The summed E-state index contributed by atoms with van der Waals surface area (Å²) in [5.74, 6) is 5.80. The summed E-state index contributed by atoms with van der Waals surface area (Å²) in [5, 5.41) is 25.7. The highest BCUT2D eigenvalue weighted by Crippen LogP contribution is 2.59. The second-order valence-corrected chi connectivity index (χ2v) is 19.4. The number of hydrogen-bond acceptors (Lipinski definition) is 6. The first-order valence-corrected chi connectivity index (χ1v) is 26.2. The molecule has 79 heavy (non-hydrogen) atoms. The van der Waals surface area contributed by atoms with E-state index < -0.39 is 5.41 Å². The molecule has 12 aromatic carbocycles. The van der Waals surface area contributed by atoms with Crippen molar-refractivity contribution in [1.29, 1.82) is 0 Å². The Labute approximate surface area is 458 Å². The third-order valence-corrected chi connectivity index (χ3v) is 14.6. The molecule has 1 aliphatic carbocycles. The topological polar surface area (TPSA) is 77.4 Å². The van der Waals surface area contributed by atoms with Gasteiger partial charge in [0, 0.05) is 22.3 Å². The quantitative estimate of drug-likeness (QED) is 0.113. The number of phenolic OH excluding ortho intramolecular Hbond substituents is 2. The normalized spacial score (nSPS) is 12.0. The zero-order valence-corrected chi connectivity index (χ0v) is 42.7. The number of benzene rings is 12. The minimum atomic E-state index is -1.03. The summed E-state index contributed by atoms with van der Waals surface area (Å²) in [6.07, 6.45) is 0. The van der Waals surface area contributed by atoms with E-state index in [1.807, 2.05) is 218 Å². The van der Waals surface area contributed by atoms with Crippen molar-refractivity contribution < 1.29 is 29.2 Å². The molecule has 1 aliphatic rings. The van der Waals surface area contributed by atoms with Gasteiger partial charge in [0.25, 0.3) is 0 Å². The molecule has 13 rings (SSSR count). The highest BCUT2D eigenvalue weighted by molar-refractivity contribution is 5.92. The first-order chi connectivity index (χ1) is 38.9. The lowest BCUT2D eigenvalue weighted by atomic mass is 9.66. The van der Waals surface area contributed by atoms with Crippen LogP contribution in [-0.2, 0) is 5.41 Å². The smallest absolute Gasteiger partial charge is 0.131 e. The summed E-state index contributed by atoms with van der Waals surface area (Å²) in [4.78, 5) is 0. The minimum absolute atomic E-state index is 0.120. The maximum Gasteiger partial charge on any atom is 0.131 e. The fraction of sp³-hybridized carbons (Fsp3) is 0.0137. The van der Waals surface area contributed by atoms with E-state index in [2.05, 4.69) is 72.8 Å². The SMILES string of the molecule is Oc1c(-c2ccc(Oc3ccccc3)cc2)cc(C2(c3cc(-c4ccc(Oc5ccccc5)cc4)c(O)c(-c4ccc(Oc5ccccc5)cc4)c3)c3ccccc3-c3ccccc32)cc1-c1ccc(Oc2ccccc2)cc1. The Kier molecular flexibility index (Phi) is 12.7. The summed E-state index contributed by atoms with van der Waals surface area (Å²) in [7, 11) is 0. The standard InChI is InChI=1S/C73H50O6/c74-71-65(49-29-37-59(38-30-49)76-55-17-5-1-6-18-55)45-53(46-66(71)50-31-39-60(40-32-50)77-56-19-7-2-8-20-56)73(69-27-15-13-25-63(69)64-26-14-16-28-70(64)73)54-47-67(51-33-41-61(42-34-51)78-57-21-9-3-10-22-57)72(75)68(48-54)52-35-43-62(44-36-52)79-58-23-11-4-12-24-58/h1-48,74-75H. The van der Waals surface area contributed by atoms with Gasteiger partial charge in [-0.3, -0.25) is 0 Å². The van der Waals surface area contributed by atoms with Crippen LogP contribution >= 0.6 is 0 Å². The van der Waals surface area contributed by atoms with Crippen molar-refractivity contribution in [1.82, 2.24) is 0 Å². The Morgan fingerprint density at radius 3 is 0.684 bits per heavy atom. The molecule has 0 amide bonds. The van der Waals surface area contributed by atoms with E-state index in [1.165, 1.54) is 0 Å². The van der Waals surface area contributed by atoms with E-state index in [-0.39, 0.29) is 11.5 Å². The van der Waals surface area contributed by atoms with E-state index in [4.69, 9.17) is 18.9 Å². The van der Waals surface area contributed by atoms with Gasteiger partial charge in [-0.2, -0.15) is 0 Å². The summed E-state index contributed by atoms with van der Waals surface area (Å²) >= 11 is 0. The maximum absolute atomic E-state index is 12.9. The van der Waals surface area contributed by atoms with E-state index in [1.54, 1.807) is 0 Å². The second kappa shape index (κ2) is 20.9. The van der Waals surface area contributed by atoms with Crippen molar-refractivity contribution in [3.05, 3.63) is 313 Å². The predicted molar refractivity (Wildman–Crippen MR) is 315 cm³/mol. The van der Waals surface area contributed by atoms with Crippen molar-refractivity contribution in [2.75, 3.05) is 0 Å². The van der Waals surface area contributed by atoms with Crippen LogP contribution in [0, 0.1) is 0 Å². The van der Waals surface area contributed by atoms with E-state index >= 15 is 0 Å². The number of phenols is 2. The Bertz CT molecular complexity index is 3610. The van der Waals surface area contributed by atoms with Gasteiger partial charge in [-0.05, 0) is 177 Å².